The number of hydrogen-bond acceptors (Lipinski definition) is 2. The lowest BCUT2D eigenvalue weighted by Crippen LogP contribution is -2.02. The highest BCUT2D eigenvalue weighted by molar-refractivity contribution is 6.31. The predicted octanol–water partition coefficient (Wildman–Crippen LogP) is 3.99. The van der Waals surface area contributed by atoms with Gasteiger partial charge in [-0.3, -0.25) is 0 Å². The van der Waals surface area contributed by atoms with E-state index in [9.17, 15) is 5.26 Å². The van der Waals surface area contributed by atoms with Gasteiger partial charge >= 0.3 is 0 Å². The van der Waals surface area contributed by atoms with Crippen molar-refractivity contribution in [3.63, 3.8) is 0 Å². The first kappa shape index (κ1) is 12.5. The fourth-order valence-corrected chi connectivity index (χ4v) is 2.57. The largest absolute Gasteiger partial charge is 0.248 e. The van der Waals surface area contributed by atoms with Crippen molar-refractivity contribution >= 4 is 23.2 Å². The van der Waals surface area contributed by atoms with Gasteiger partial charge in [-0.15, -0.1) is 0 Å². The SMILES string of the molecule is N#Cc1c(C2CC2)nn(Cc2cccc(Cl)c2)c1Cl. The lowest BCUT2D eigenvalue weighted by atomic mass is 10.2. The Labute approximate surface area is 121 Å². The molecule has 1 aliphatic rings. The summed E-state index contributed by atoms with van der Waals surface area (Å²) in [5.74, 6) is 0.410. The highest BCUT2D eigenvalue weighted by Gasteiger charge is 2.31. The van der Waals surface area contributed by atoms with Gasteiger partial charge in [-0.05, 0) is 30.5 Å². The Morgan fingerprint density at radius 3 is 2.79 bits per heavy atom. The van der Waals surface area contributed by atoms with E-state index in [1.807, 2.05) is 24.3 Å². The molecule has 0 aliphatic heterocycles. The minimum absolute atomic E-state index is 0.410. The summed E-state index contributed by atoms with van der Waals surface area (Å²) in [5.41, 5.74) is 2.38. The van der Waals surface area contributed by atoms with Gasteiger partial charge in [0, 0.05) is 10.9 Å². The zero-order valence-corrected chi connectivity index (χ0v) is 11.6. The Hall–Kier alpha value is -1.50. The van der Waals surface area contributed by atoms with Crippen LogP contribution in [0.4, 0.5) is 0 Å². The van der Waals surface area contributed by atoms with E-state index in [2.05, 4.69) is 11.2 Å². The van der Waals surface area contributed by atoms with Gasteiger partial charge in [0.2, 0.25) is 0 Å². The fraction of sp³-hybridized carbons (Fsp3) is 0.286. The summed E-state index contributed by atoms with van der Waals surface area (Å²) in [6.07, 6.45) is 2.19. The van der Waals surface area contributed by atoms with Gasteiger partial charge < -0.3 is 0 Å². The van der Waals surface area contributed by atoms with Crippen LogP contribution in [-0.2, 0) is 6.54 Å². The molecule has 1 saturated carbocycles. The number of nitriles is 1. The first-order chi connectivity index (χ1) is 9.19. The highest BCUT2D eigenvalue weighted by atomic mass is 35.5. The summed E-state index contributed by atoms with van der Waals surface area (Å²) >= 11 is 12.2. The molecule has 0 radical (unpaired) electrons. The number of hydrogen-bond donors (Lipinski definition) is 0. The van der Waals surface area contributed by atoms with Crippen LogP contribution in [0.25, 0.3) is 0 Å². The van der Waals surface area contributed by atoms with Crippen LogP contribution in [0.3, 0.4) is 0 Å². The van der Waals surface area contributed by atoms with Gasteiger partial charge in [0.05, 0.1) is 12.2 Å². The van der Waals surface area contributed by atoms with E-state index >= 15 is 0 Å². The molecule has 1 fully saturated rings. The molecule has 2 aromatic rings. The molecule has 3 rings (SSSR count). The van der Waals surface area contributed by atoms with Gasteiger partial charge in [0.1, 0.15) is 16.8 Å². The van der Waals surface area contributed by atoms with Crippen LogP contribution < -0.4 is 0 Å². The quantitative estimate of drug-likeness (QED) is 0.858. The standard InChI is InChI=1S/C14H11Cl2N3/c15-11-3-1-2-9(6-11)8-19-14(16)12(7-17)13(18-19)10-4-5-10/h1-3,6,10H,4-5,8H2. The van der Waals surface area contributed by atoms with Crippen LogP contribution >= 0.6 is 23.2 Å². The average Bonchev–Trinajstić information content (AvgIpc) is 3.17. The van der Waals surface area contributed by atoms with Crippen molar-refractivity contribution < 1.29 is 0 Å². The zero-order valence-electron chi connectivity index (χ0n) is 10.1. The second-order valence-corrected chi connectivity index (χ2v) is 5.52. The number of aromatic nitrogens is 2. The zero-order chi connectivity index (χ0) is 13.4. The molecule has 5 heteroatoms. The predicted molar refractivity (Wildman–Crippen MR) is 74.5 cm³/mol. The van der Waals surface area contributed by atoms with Crippen molar-refractivity contribution in [1.82, 2.24) is 9.78 Å². The molecular formula is C14H11Cl2N3. The van der Waals surface area contributed by atoms with E-state index in [0.717, 1.165) is 24.1 Å². The molecule has 0 unspecified atom stereocenters. The summed E-state index contributed by atoms with van der Waals surface area (Å²) in [7, 11) is 0. The van der Waals surface area contributed by atoms with E-state index in [4.69, 9.17) is 23.2 Å². The van der Waals surface area contributed by atoms with E-state index in [1.165, 1.54) is 0 Å². The number of rotatable bonds is 3. The fourth-order valence-electron chi connectivity index (χ4n) is 2.12. The monoisotopic (exact) mass is 291 g/mol. The molecule has 1 aromatic heterocycles. The summed E-state index contributed by atoms with van der Waals surface area (Å²) in [5, 5.41) is 14.8. The van der Waals surface area contributed by atoms with Gasteiger partial charge in [0.15, 0.2) is 0 Å². The van der Waals surface area contributed by atoms with Crippen molar-refractivity contribution in [3.05, 3.63) is 51.3 Å². The molecule has 0 saturated heterocycles. The van der Waals surface area contributed by atoms with Crippen molar-refractivity contribution in [2.45, 2.75) is 25.3 Å². The van der Waals surface area contributed by atoms with Crippen molar-refractivity contribution in [1.29, 1.82) is 5.26 Å². The van der Waals surface area contributed by atoms with Gasteiger partial charge in [-0.1, -0.05) is 35.3 Å². The van der Waals surface area contributed by atoms with Crippen LogP contribution in [0.1, 0.15) is 35.6 Å². The van der Waals surface area contributed by atoms with Crippen LogP contribution in [0.2, 0.25) is 10.2 Å². The average molecular weight is 292 g/mol. The molecule has 96 valence electrons. The second kappa shape index (κ2) is 4.88. The second-order valence-electron chi connectivity index (χ2n) is 4.72. The molecule has 1 aromatic carbocycles. The molecule has 0 atom stereocenters. The Kier molecular flexibility index (Phi) is 3.22. The lowest BCUT2D eigenvalue weighted by Gasteiger charge is -2.03. The maximum Gasteiger partial charge on any atom is 0.145 e. The van der Waals surface area contributed by atoms with Gasteiger partial charge in [-0.25, -0.2) is 4.68 Å². The summed E-state index contributed by atoms with van der Waals surface area (Å²) in [6, 6.07) is 9.72. The van der Waals surface area contributed by atoms with E-state index in [0.29, 0.717) is 28.2 Å². The van der Waals surface area contributed by atoms with Crippen LogP contribution in [0, 0.1) is 11.3 Å². The molecule has 1 aliphatic carbocycles. The number of nitrogens with zero attached hydrogens (tertiary/aromatic N) is 3. The third-order valence-electron chi connectivity index (χ3n) is 3.21. The minimum atomic E-state index is 0.410. The Bertz CT molecular complexity index is 666. The van der Waals surface area contributed by atoms with Crippen molar-refractivity contribution in [2.24, 2.45) is 0 Å². The van der Waals surface area contributed by atoms with Crippen LogP contribution in [0.15, 0.2) is 24.3 Å². The topological polar surface area (TPSA) is 41.6 Å². The first-order valence-electron chi connectivity index (χ1n) is 6.10. The highest BCUT2D eigenvalue weighted by Crippen LogP contribution is 2.42. The maximum atomic E-state index is 9.19. The Morgan fingerprint density at radius 1 is 1.37 bits per heavy atom. The maximum absolute atomic E-state index is 9.19. The van der Waals surface area contributed by atoms with E-state index < -0.39 is 0 Å². The molecule has 0 amide bonds. The van der Waals surface area contributed by atoms with Crippen LogP contribution in [0.5, 0.6) is 0 Å². The molecule has 0 N–H and O–H groups in total. The molecule has 19 heavy (non-hydrogen) atoms. The summed E-state index contributed by atoms with van der Waals surface area (Å²) in [6.45, 7) is 0.529. The van der Waals surface area contributed by atoms with E-state index in [1.54, 1.807) is 4.68 Å². The minimum Gasteiger partial charge on any atom is -0.248 e. The normalized spacial score (nSPS) is 14.4. The van der Waals surface area contributed by atoms with Crippen LogP contribution in [-0.4, -0.2) is 9.78 Å². The number of benzene rings is 1. The molecule has 0 spiro atoms. The lowest BCUT2D eigenvalue weighted by molar-refractivity contribution is 0.673. The summed E-state index contributed by atoms with van der Waals surface area (Å²) < 4.78 is 1.68. The smallest absolute Gasteiger partial charge is 0.145 e. The first-order valence-corrected chi connectivity index (χ1v) is 6.85. The Balaban J connectivity index is 1.95. The van der Waals surface area contributed by atoms with Crippen molar-refractivity contribution in [2.75, 3.05) is 0 Å². The third kappa shape index (κ3) is 2.47. The summed E-state index contributed by atoms with van der Waals surface area (Å²) in [4.78, 5) is 0. The molecule has 1 heterocycles. The molecular weight excluding hydrogens is 281 g/mol. The van der Waals surface area contributed by atoms with E-state index in [-0.39, 0.29) is 0 Å². The molecule has 0 bridgehead atoms. The van der Waals surface area contributed by atoms with Gasteiger partial charge in [0.25, 0.3) is 0 Å². The molecule has 3 nitrogen and oxygen atoms in total. The van der Waals surface area contributed by atoms with Gasteiger partial charge in [-0.2, -0.15) is 10.4 Å². The van der Waals surface area contributed by atoms with Crippen molar-refractivity contribution in [3.8, 4) is 6.07 Å². The third-order valence-corrected chi connectivity index (χ3v) is 3.83. The number of halogens is 2. The Morgan fingerprint density at radius 2 is 2.16 bits per heavy atom.